The van der Waals surface area contributed by atoms with Gasteiger partial charge in [0.15, 0.2) is 9.84 Å². The number of benzene rings is 3. The molecule has 0 radical (unpaired) electrons. The maximum atomic E-state index is 13.5. The monoisotopic (exact) mass is 524 g/mol. The van der Waals surface area contributed by atoms with E-state index in [1.807, 2.05) is 47.4 Å². The number of rotatable bonds is 9. The Bertz CT molecular complexity index is 1300. The SMILES string of the molecule is C=CC(N1CCN(C(c2ccccc2)c2ccc(Cl)cc2)CC1)S(=O)(=O)c1cccc(CC(=O)O)c1. The van der Waals surface area contributed by atoms with Gasteiger partial charge < -0.3 is 5.11 Å². The molecular weight excluding hydrogens is 496 g/mol. The topological polar surface area (TPSA) is 77.9 Å². The van der Waals surface area contributed by atoms with E-state index in [0.29, 0.717) is 36.8 Å². The van der Waals surface area contributed by atoms with Gasteiger partial charge >= 0.3 is 5.97 Å². The molecule has 0 spiro atoms. The van der Waals surface area contributed by atoms with Crippen LogP contribution in [-0.2, 0) is 21.1 Å². The van der Waals surface area contributed by atoms with Crippen molar-refractivity contribution in [3.05, 3.63) is 113 Å². The van der Waals surface area contributed by atoms with Crippen molar-refractivity contribution in [1.29, 1.82) is 0 Å². The van der Waals surface area contributed by atoms with E-state index in [0.717, 1.165) is 11.1 Å². The number of hydrogen-bond acceptors (Lipinski definition) is 5. The van der Waals surface area contributed by atoms with Crippen LogP contribution in [0.15, 0.2) is 96.4 Å². The third-order valence-electron chi connectivity index (χ3n) is 6.48. The highest BCUT2D eigenvalue weighted by Crippen LogP contribution is 2.31. The molecule has 0 amide bonds. The molecule has 1 fully saturated rings. The number of sulfone groups is 1. The van der Waals surface area contributed by atoms with E-state index < -0.39 is 21.2 Å². The lowest BCUT2D eigenvalue weighted by atomic mass is 9.96. The molecule has 1 N–H and O–H groups in total. The van der Waals surface area contributed by atoms with Gasteiger partial charge in [-0.2, -0.15) is 0 Å². The first-order valence-electron chi connectivity index (χ1n) is 11.8. The summed E-state index contributed by atoms with van der Waals surface area (Å²) in [6.07, 6.45) is 1.23. The molecule has 0 aliphatic carbocycles. The Morgan fingerprint density at radius 2 is 1.53 bits per heavy atom. The van der Waals surface area contributed by atoms with Crippen molar-refractivity contribution in [1.82, 2.24) is 9.80 Å². The molecule has 3 aromatic carbocycles. The molecule has 0 aromatic heterocycles. The molecule has 1 aliphatic heterocycles. The average Bonchev–Trinajstić information content (AvgIpc) is 2.87. The summed E-state index contributed by atoms with van der Waals surface area (Å²) < 4.78 is 27.0. The number of aliphatic carboxylic acids is 1. The molecule has 1 saturated heterocycles. The van der Waals surface area contributed by atoms with Crippen molar-refractivity contribution in [3.8, 4) is 0 Å². The van der Waals surface area contributed by atoms with Gasteiger partial charge in [-0.25, -0.2) is 8.42 Å². The predicted octanol–water partition coefficient (Wildman–Crippen LogP) is 4.66. The van der Waals surface area contributed by atoms with Gasteiger partial charge in [-0.05, 0) is 41.0 Å². The minimum absolute atomic E-state index is 0.0251. The van der Waals surface area contributed by atoms with Gasteiger partial charge in [0, 0.05) is 31.2 Å². The average molecular weight is 525 g/mol. The zero-order chi connectivity index (χ0) is 25.7. The maximum Gasteiger partial charge on any atom is 0.307 e. The van der Waals surface area contributed by atoms with Crippen LogP contribution < -0.4 is 0 Å². The maximum absolute atomic E-state index is 13.5. The molecule has 8 heteroatoms. The van der Waals surface area contributed by atoms with Gasteiger partial charge in [0.05, 0.1) is 17.4 Å². The number of carboxylic acids is 1. The molecule has 2 unspecified atom stereocenters. The van der Waals surface area contributed by atoms with Gasteiger partial charge in [0.1, 0.15) is 5.37 Å². The second-order valence-electron chi connectivity index (χ2n) is 8.83. The van der Waals surface area contributed by atoms with Crippen molar-refractivity contribution in [2.24, 2.45) is 0 Å². The molecule has 6 nitrogen and oxygen atoms in total. The van der Waals surface area contributed by atoms with Crippen LogP contribution in [-0.4, -0.2) is 60.8 Å². The zero-order valence-corrected chi connectivity index (χ0v) is 21.4. The summed E-state index contributed by atoms with van der Waals surface area (Å²) in [4.78, 5) is 15.5. The van der Waals surface area contributed by atoms with Gasteiger partial charge in [-0.1, -0.05) is 72.3 Å². The molecule has 3 aromatic rings. The van der Waals surface area contributed by atoms with E-state index in [1.165, 1.54) is 18.2 Å². The summed E-state index contributed by atoms with van der Waals surface area (Å²) in [6, 6.07) is 24.3. The van der Waals surface area contributed by atoms with Gasteiger partial charge in [-0.3, -0.25) is 14.6 Å². The number of hydrogen-bond donors (Lipinski definition) is 1. The van der Waals surface area contributed by atoms with E-state index in [1.54, 1.807) is 12.1 Å². The molecule has 36 heavy (non-hydrogen) atoms. The quantitative estimate of drug-likeness (QED) is 0.410. The molecule has 0 saturated carbocycles. The van der Waals surface area contributed by atoms with E-state index in [-0.39, 0.29) is 17.4 Å². The lowest BCUT2D eigenvalue weighted by Gasteiger charge is -2.41. The summed E-state index contributed by atoms with van der Waals surface area (Å²) in [7, 11) is -3.77. The van der Waals surface area contributed by atoms with E-state index in [4.69, 9.17) is 16.7 Å². The Balaban J connectivity index is 1.54. The van der Waals surface area contributed by atoms with Crippen LogP contribution in [0.3, 0.4) is 0 Å². The van der Waals surface area contributed by atoms with E-state index >= 15 is 0 Å². The van der Waals surface area contributed by atoms with Crippen LogP contribution in [0.5, 0.6) is 0 Å². The minimum atomic E-state index is -3.77. The fourth-order valence-electron chi connectivity index (χ4n) is 4.76. The molecule has 0 bridgehead atoms. The number of piperazine rings is 1. The Morgan fingerprint density at radius 3 is 2.14 bits per heavy atom. The third kappa shape index (κ3) is 5.87. The summed E-state index contributed by atoms with van der Waals surface area (Å²) in [5.74, 6) is -1.01. The van der Waals surface area contributed by atoms with Crippen LogP contribution in [0.2, 0.25) is 5.02 Å². The fourth-order valence-corrected chi connectivity index (χ4v) is 6.61. The largest absolute Gasteiger partial charge is 0.481 e. The van der Waals surface area contributed by atoms with E-state index in [9.17, 15) is 13.2 Å². The highest BCUT2D eigenvalue weighted by atomic mass is 35.5. The zero-order valence-electron chi connectivity index (χ0n) is 19.8. The molecule has 1 aliphatic rings. The standard InChI is InChI=1S/C28H29ClN2O4S/c1-2-26(36(34,35)25-10-6-7-21(19-25)20-27(32)33)30-15-17-31(18-16-30)28(22-8-4-3-5-9-22)23-11-13-24(29)14-12-23/h2-14,19,26,28H,1,15-18,20H2,(H,32,33). The van der Waals surface area contributed by atoms with Crippen LogP contribution in [0.1, 0.15) is 22.7 Å². The Morgan fingerprint density at radius 1 is 0.917 bits per heavy atom. The van der Waals surface area contributed by atoms with Gasteiger partial charge in [-0.15, -0.1) is 6.58 Å². The number of nitrogens with zero attached hydrogens (tertiary/aromatic N) is 2. The lowest BCUT2D eigenvalue weighted by Crippen LogP contribution is -2.52. The van der Waals surface area contributed by atoms with Crippen LogP contribution in [0.4, 0.5) is 0 Å². The van der Waals surface area contributed by atoms with Gasteiger partial charge in [0.2, 0.25) is 0 Å². The van der Waals surface area contributed by atoms with Crippen molar-refractivity contribution >= 4 is 27.4 Å². The van der Waals surface area contributed by atoms with Crippen LogP contribution in [0, 0.1) is 0 Å². The van der Waals surface area contributed by atoms with Crippen LogP contribution >= 0.6 is 11.6 Å². The summed E-state index contributed by atoms with van der Waals surface area (Å²) in [5, 5.41) is 8.87. The Kier molecular flexibility index (Phi) is 8.26. The predicted molar refractivity (Wildman–Crippen MR) is 142 cm³/mol. The number of halogens is 1. The second-order valence-corrected chi connectivity index (χ2v) is 11.3. The first kappa shape index (κ1) is 26.1. The van der Waals surface area contributed by atoms with E-state index in [2.05, 4.69) is 23.6 Å². The molecule has 1 heterocycles. The summed E-state index contributed by atoms with van der Waals surface area (Å²) in [6.45, 7) is 6.24. The first-order valence-corrected chi connectivity index (χ1v) is 13.7. The van der Waals surface area contributed by atoms with Crippen molar-refractivity contribution < 1.29 is 18.3 Å². The minimum Gasteiger partial charge on any atom is -0.481 e. The molecular formula is C28H29ClN2O4S. The highest BCUT2D eigenvalue weighted by Gasteiger charge is 2.34. The number of carboxylic acid groups (broad SMARTS) is 1. The summed E-state index contributed by atoms with van der Waals surface area (Å²) >= 11 is 6.13. The second kappa shape index (κ2) is 11.4. The smallest absolute Gasteiger partial charge is 0.307 e. The third-order valence-corrected chi connectivity index (χ3v) is 8.77. The van der Waals surface area contributed by atoms with Crippen LogP contribution in [0.25, 0.3) is 0 Å². The first-order chi connectivity index (χ1) is 17.3. The Hall–Kier alpha value is -2.97. The van der Waals surface area contributed by atoms with Crippen molar-refractivity contribution in [2.45, 2.75) is 22.7 Å². The van der Waals surface area contributed by atoms with Crippen molar-refractivity contribution in [2.75, 3.05) is 26.2 Å². The molecule has 2 atom stereocenters. The highest BCUT2D eigenvalue weighted by molar-refractivity contribution is 7.92. The normalized spacial score (nSPS) is 16.8. The lowest BCUT2D eigenvalue weighted by molar-refractivity contribution is -0.136. The fraction of sp³-hybridized carbons (Fsp3) is 0.250. The summed E-state index contributed by atoms with van der Waals surface area (Å²) in [5.41, 5.74) is 2.74. The van der Waals surface area contributed by atoms with Crippen molar-refractivity contribution in [3.63, 3.8) is 0 Å². The Labute approximate surface area is 217 Å². The molecule has 188 valence electrons. The van der Waals surface area contributed by atoms with Gasteiger partial charge in [0.25, 0.3) is 0 Å². The molecule has 4 rings (SSSR count). The number of carbonyl (C=O) groups is 1.